The number of carbonyl (C=O) groups excluding carboxylic acids is 2. The molecule has 3 N–H and O–H groups in total. The number of anilines is 1. The van der Waals surface area contributed by atoms with Gasteiger partial charge in [-0.15, -0.1) is 0 Å². The lowest BCUT2D eigenvalue weighted by Gasteiger charge is -2.21. The summed E-state index contributed by atoms with van der Waals surface area (Å²) in [4.78, 5) is 24.1. The molecule has 24 heavy (non-hydrogen) atoms. The summed E-state index contributed by atoms with van der Waals surface area (Å²) in [6, 6.07) is 2.97. The van der Waals surface area contributed by atoms with Crippen LogP contribution in [0.4, 0.5) is 5.69 Å². The van der Waals surface area contributed by atoms with Gasteiger partial charge in [-0.05, 0) is 25.0 Å². The molecule has 1 amide bonds. The number of rotatable bonds is 4. The van der Waals surface area contributed by atoms with E-state index in [4.69, 9.17) is 33.7 Å². The fraction of sp³-hybridized carbons (Fsp3) is 0.529. The van der Waals surface area contributed by atoms with Crippen molar-refractivity contribution in [3.05, 3.63) is 27.7 Å². The van der Waals surface area contributed by atoms with Crippen molar-refractivity contribution in [3.8, 4) is 0 Å². The number of nitrogen functional groups attached to an aromatic ring is 1. The van der Waals surface area contributed by atoms with Gasteiger partial charge in [0.2, 0.25) is 0 Å². The minimum atomic E-state index is -0.718. The van der Waals surface area contributed by atoms with Crippen LogP contribution < -0.4 is 11.1 Å². The topological polar surface area (TPSA) is 81.4 Å². The maximum absolute atomic E-state index is 12.1. The maximum atomic E-state index is 12.1. The zero-order valence-corrected chi connectivity index (χ0v) is 15.0. The smallest absolute Gasteiger partial charge is 0.340 e. The lowest BCUT2D eigenvalue weighted by Crippen LogP contribution is -2.38. The molecule has 0 bridgehead atoms. The third-order valence-corrected chi connectivity index (χ3v) is 4.65. The highest BCUT2D eigenvalue weighted by atomic mass is 35.5. The van der Waals surface area contributed by atoms with E-state index in [9.17, 15) is 9.59 Å². The Labute approximate surface area is 151 Å². The van der Waals surface area contributed by atoms with Crippen molar-refractivity contribution >= 4 is 40.8 Å². The maximum Gasteiger partial charge on any atom is 0.340 e. The van der Waals surface area contributed by atoms with E-state index in [-0.39, 0.29) is 39.9 Å². The summed E-state index contributed by atoms with van der Waals surface area (Å²) in [5.74, 6) is -1.02. The number of amides is 1. The summed E-state index contributed by atoms with van der Waals surface area (Å²) >= 11 is 11.7. The Balaban J connectivity index is 1.86. The number of halogens is 2. The molecule has 0 aromatic heterocycles. The monoisotopic (exact) mass is 372 g/mol. The van der Waals surface area contributed by atoms with Gasteiger partial charge in [0, 0.05) is 11.1 Å². The molecule has 0 atom stereocenters. The highest BCUT2D eigenvalue weighted by Crippen LogP contribution is 2.28. The van der Waals surface area contributed by atoms with Crippen molar-refractivity contribution in [1.82, 2.24) is 5.32 Å². The second kappa shape index (κ2) is 9.14. The van der Waals surface area contributed by atoms with Crippen molar-refractivity contribution in [2.24, 2.45) is 0 Å². The first-order valence-corrected chi connectivity index (χ1v) is 8.94. The van der Waals surface area contributed by atoms with E-state index in [1.807, 2.05) is 0 Å². The molecule has 0 spiro atoms. The number of esters is 1. The Morgan fingerprint density at radius 1 is 1.12 bits per heavy atom. The molecule has 0 heterocycles. The van der Waals surface area contributed by atoms with E-state index in [0.717, 1.165) is 25.7 Å². The van der Waals surface area contributed by atoms with E-state index >= 15 is 0 Å². The summed E-state index contributed by atoms with van der Waals surface area (Å²) in [5, 5.41) is 3.38. The van der Waals surface area contributed by atoms with E-state index < -0.39 is 5.97 Å². The summed E-state index contributed by atoms with van der Waals surface area (Å²) in [7, 11) is 0. The zero-order chi connectivity index (χ0) is 17.5. The lowest BCUT2D eigenvalue weighted by atomic mass is 9.97. The molecule has 1 aromatic rings. The molecule has 0 radical (unpaired) electrons. The van der Waals surface area contributed by atoms with Gasteiger partial charge in [-0.3, -0.25) is 4.79 Å². The molecule has 0 saturated heterocycles. The molecule has 1 saturated carbocycles. The Morgan fingerprint density at radius 3 is 2.42 bits per heavy atom. The number of nitrogens with one attached hydrogen (secondary N) is 1. The van der Waals surface area contributed by atoms with Crippen LogP contribution >= 0.6 is 23.2 Å². The van der Waals surface area contributed by atoms with E-state index in [1.54, 1.807) is 0 Å². The van der Waals surface area contributed by atoms with Crippen LogP contribution in [0.1, 0.15) is 55.3 Å². The quantitative estimate of drug-likeness (QED) is 0.618. The van der Waals surface area contributed by atoms with Crippen LogP contribution in [0.2, 0.25) is 10.0 Å². The highest BCUT2D eigenvalue weighted by molar-refractivity contribution is 6.37. The van der Waals surface area contributed by atoms with Gasteiger partial charge in [0.25, 0.3) is 5.91 Å². The molecular formula is C17H22Cl2N2O3. The number of ether oxygens (including phenoxy) is 1. The van der Waals surface area contributed by atoms with Crippen molar-refractivity contribution < 1.29 is 14.3 Å². The van der Waals surface area contributed by atoms with Gasteiger partial charge < -0.3 is 15.8 Å². The third kappa shape index (κ3) is 5.56. The highest BCUT2D eigenvalue weighted by Gasteiger charge is 2.18. The number of nitrogens with two attached hydrogens (primary N) is 1. The van der Waals surface area contributed by atoms with Crippen molar-refractivity contribution in [3.63, 3.8) is 0 Å². The first-order chi connectivity index (χ1) is 11.5. The number of hydrogen-bond acceptors (Lipinski definition) is 4. The average molecular weight is 373 g/mol. The summed E-state index contributed by atoms with van der Waals surface area (Å²) in [6.45, 7) is -0.348. The zero-order valence-electron chi connectivity index (χ0n) is 13.4. The molecule has 1 aromatic carbocycles. The SMILES string of the molecule is Nc1c(Cl)cc(Cl)cc1C(=O)OCC(=O)NC1CCCCCCC1. The van der Waals surface area contributed by atoms with Crippen LogP contribution in [-0.2, 0) is 9.53 Å². The molecule has 132 valence electrons. The number of carbonyl (C=O) groups is 2. The van der Waals surface area contributed by atoms with E-state index in [0.29, 0.717) is 0 Å². The van der Waals surface area contributed by atoms with E-state index in [1.165, 1.54) is 31.4 Å². The second-order valence-corrected chi connectivity index (χ2v) is 6.88. The molecule has 1 aliphatic rings. The van der Waals surface area contributed by atoms with Crippen LogP contribution in [0.3, 0.4) is 0 Å². The lowest BCUT2D eigenvalue weighted by molar-refractivity contribution is -0.125. The Bertz CT molecular complexity index is 600. The van der Waals surface area contributed by atoms with Crippen LogP contribution in [0.25, 0.3) is 0 Å². The summed E-state index contributed by atoms with van der Waals surface area (Å²) in [6.07, 6.45) is 7.84. The van der Waals surface area contributed by atoms with Gasteiger partial charge >= 0.3 is 5.97 Å². The molecule has 1 fully saturated rings. The predicted octanol–water partition coefficient (Wildman–Crippen LogP) is 3.96. The van der Waals surface area contributed by atoms with Crippen molar-refractivity contribution in [1.29, 1.82) is 0 Å². The van der Waals surface area contributed by atoms with Gasteiger partial charge in [-0.1, -0.05) is 55.3 Å². The third-order valence-electron chi connectivity index (χ3n) is 4.12. The minimum absolute atomic E-state index is 0.0613. The van der Waals surface area contributed by atoms with Gasteiger partial charge in [0.05, 0.1) is 16.3 Å². The molecule has 0 unspecified atom stereocenters. The van der Waals surface area contributed by atoms with E-state index in [2.05, 4.69) is 5.32 Å². The number of benzene rings is 1. The summed E-state index contributed by atoms with van der Waals surface area (Å²) < 4.78 is 5.03. The van der Waals surface area contributed by atoms with Crippen LogP contribution in [0, 0.1) is 0 Å². The van der Waals surface area contributed by atoms with Gasteiger partial charge in [0.15, 0.2) is 6.61 Å². The molecule has 7 heteroatoms. The fourth-order valence-corrected chi connectivity index (χ4v) is 3.33. The van der Waals surface area contributed by atoms with Crippen molar-refractivity contribution in [2.45, 2.75) is 51.0 Å². The number of hydrogen-bond donors (Lipinski definition) is 2. The normalized spacial score (nSPS) is 16.1. The van der Waals surface area contributed by atoms with Crippen LogP contribution in [0.15, 0.2) is 12.1 Å². The molecule has 2 rings (SSSR count). The summed E-state index contributed by atoms with van der Waals surface area (Å²) in [5.41, 5.74) is 5.90. The first kappa shape index (κ1) is 18.9. The second-order valence-electron chi connectivity index (χ2n) is 6.03. The fourth-order valence-electron chi connectivity index (χ4n) is 2.83. The predicted molar refractivity (Wildman–Crippen MR) is 95.4 cm³/mol. The average Bonchev–Trinajstić information content (AvgIpc) is 2.51. The van der Waals surface area contributed by atoms with Crippen LogP contribution in [0.5, 0.6) is 0 Å². The Kier molecular flexibility index (Phi) is 7.18. The molecular weight excluding hydrogens is 351 g/mol. The van der Waals surface area contributed by atoms with Crippen molar-refractivity contribution in [2.75, 3.05) is 12.3 Å². The first-order valence-electron chi connectivity index (χ1n) is 8.18. The Hall–Kier alpha value is -1.46. The molecule has 0 aliphatic heterocycles. The molecule has 1 aliphatic carbocycles. The van der Waals surface area contributed by atoms with Gasteiger partial charge in [0.1, 0.15) is 0 Å². The largest absolute Gasteiger partial charge is 0.452 e. The van der Waals surface area contributed by atoms with Crippen LogP contribution in [-0.4, -0.2) is 24.5 Å². The molecule has 5 nitrogen and oxygen atoms in total. The Morgan fingerprint density at radius 2 is 1.75 bits per heavy atom. The van der Waals surface area contributed by atoms with Gasteiger partial charge in [-0.2, -0.15) is 0 Å². The van der Waals surface area contributed by atoms with Gasteiger partial charge in [-0.25, -0.2) is 4.79 Å². The minimum Gasteiger partial charge on any atom is -0.452 e. The standard InChI is InChI=1S/C17H22Cl2N2O3/c18-11-8-13(16(20)14(19)9-11)17(23)24-10-15(22)21-12-6-4-2-1-3-5-7-12/h8-9,12H,1-7,10,20H2,(H,21,22).